The monoisotopic (exact) mass is 404 g/mol. The molecule has 4 atom stereocenters. The quantitative estimate of drug-likeness (QED) is 0.240. The third-order valence-corrected chi connectivity index (χ3v) is 4.71. The fourth-order valence-electron chi connectivity index (χ4n) is 3.28. The van der Waals surface area contributed by atoms with Gasteiger partial charge in [-0.2, -0.15) is 0 Å². The Kier molecular flexibility index (Phi) is 7.28. The van der Waals surface area contributed by atoms with E-state index in [1.54, 1.807) is 12.2 Å². The first-order valence-electron chi connectivity index (χ1n) is 9.08. The van der Waals surface area contributed by atoms with Gasteiger partial charge in [-0.25, -0.2) is 9.59 Å². The summed E-state index contributed by atoms with van der Waals surface area (Å²) in [6.07, 6.45) is 0.932. The average molecular weight is 404 g/mol. The Hall–Kier alpha value is -3.00. The number of carbonyl (C=O) groups is 4. The molecule has 1 N–H and O–H groups in total. The van der Waals surface area contributed by atoms with Gasteiger partial charge in [0.15, 0.2) is 12.2 Å². The summed E-state index contributed by atoms with van der Waals surface area (Å²) >= 11 is 0. The number of aldehydes is 1. The van der Waals surface area contributed by atoms with Crippen molar-refractivity contribution < 1.29 is 38.5 Å². The van der Waals surface area contributed by atoms with Gasteiger partial charge < -0.3 is 19.3 Å². The van der Waals surface area contributed by atoms with Gasteiger partial charge in [0.25, 0.3) is 0 Å². The molecule has 0 aromatic rings. The Morgan fingerprint density at radius 1 is 1.34 bits per heavy atom. The van der Waals surface area contributed by atoms with E-state index in [2.05, 4.69) is 13.2 Å². The first-order valence-corrected chi connectivity index (χ1v) is 9.08. The van der Waals surface area contributed by atoms with Gasteiger partial charge in [0.1, 0.15) is 12.4 Å². The number of aliphatic hydroxyl groups is 1. The first-order chi connectivity index (χ1) is 13.7. The number of esters is 3. The van der Waals surface area contributed by atoms with Gasteiger partial charge in [-0.05, 0) is 31.4 Å². The normalized spacial score (nSPS) is 30.6. The zero-order chi connectivity index (χ0) is 21.7. The Balaban J connectivity index is 2.65. The molecular formula is C21H24O8. The molecule has 0 saturated carbocycles. The van der Waals surface area contributed by atoms with E-state index in [1.807, 2.05) is 0 Å². The van der Waals surface area contributed by atoms with Crippen LogP contribution in [0.5, 0.6) is 0 Å². The highest BCUT2D eigenvalue weighted by molar-refractivity contribution is 5.92. The predicted molar refractivity (Wildman–Crippen MR) is 101 cm³/mol. The summed E-state index contributed by atoms with van der Waals surface area (Å²) in [4.78, 5) is 48.0. The Bertz CT molecular complexity index is 803. The summed E-state index contributed by atoms with van der Waals surface area (Å²) < 4.78 is 16.2. The number of fused-ring (bicyclic) bond motifs is 1. The van der Waals surface area contributed by atoms with Crippen LogP contribution in [0.1, 0.15) is 26.7 Å². The lowest BCUT2D eigenvalue weighted by atomic mass is 9.83. The molecule has 2 rings (SSSR count). The van der Waals surface area contributed by atoms with E-state index in [0.717, 1.165) is 6.92 Å². The second kappa shape index (κ2) is 9.47. The second-order valence-electron chi connectivity index (χ2n) is 6.94. The lowest BCUT2D eigenvalue weighted by Crippen LogP contribution is -2.45. The van der Waals surface area contributed by atoms with E-state index in [4.69, 9.17) is 14.2 Å². The zero-order valence-electron chi connectivity index (χ0n) is 16.4. The van der Waals surface area contributed by atoms with Gasteiger partial charge in [-0.15, -0.1) is 0 Å². The van der Waals surface area contributed by atoms with Gasteiger partial charge in [-0.1, -0.05) is 19.2 Å². The van der Waals surface area contributed by atoms with Crippen LogP contribution in [0.3, 0.4) is 0 Å². The minimum absolute atomic E-state index is 0.00558. The van der Waals surface area contributed by atoms with E-state index in [9.17, 15) is 24.3 Å². The minimum atomic E-state index is -1.27. The van der Waals surface area contributed by atoms with Gasteiger partial charge in [0.05, 0.1) is 12.5 Å². The van der Waals surface area contributed by atoms with Crippen LogP contribution >= 0.6 is 0 Å². The molecule has 0 amide bonds. The molecule has 1 fully saturated rings. The van der Waals surface area contributed by atoms with Crippen LogP contribution in [0.25, 0.3) is 0 Å². The van der Waals surface area contributed by atoms with Crippen molar-refractivity contribution in [3.63, 3.8) is 0 Å². The molecule has 0 radical (unpaired) electrons. The molecule has 1 aliphatic heterocycles. The van der Waals surface area contributed by atoms with Gasteiger partial charge >= 0.3 is 17.9 Å². The van der Waals surface area contributed by atoms with Crippen molar-refractivity contribution in [2.45, 2.75) is 45.0 Å². The maximum atomic E-state index is 12.3. The Morgan fingerprint density at radius 3 is 2.59 bits per heavy atom. The summed E-state index contributed by atoms with van der Waals surface area (Å²) in [5.41, 5.74) is 0.745. The summed E-state index contributed by atoms with van der Waals surface area (Å²) in [7, 11) is 0. The van der Waals surface area contributed by atoms with Gasteiger partial charge in [0.2, 0.25) is 0 Å². The summed E-state index contributed by atoms with van der Waals surface area (Å²) in [5, 5.41) is 9.61. The molecule has 29 heavy (non-hydrogen) atoms. The third-order valence-electron chi connectivity index (χ3n) is 4.71. The van der Waals surface area contributed by atoms with Crippen LogP contribution in [-0.2, 0) is 33.4 Å². The molecule has 1 aliphatic carbocycles. The molecule has 1 saturated heterocycles. The number of allylic oxidation sites excluding steroid dienone is 1. The van der Waals surface area contributed by atoms with Crippen molar-refractivity contribution in [3.8, 4) is 0 Å². The van der Waals surface area contributed by atoms with Crippen LogP contribution in [0.4, 0.5) is 0 Å². The SMILES string of the molecule is C=C(C)C(=O)O[C@H]1[C@@H]2C(=C)C(=O)O[C@H]2/C=C(/CO)CC/C=C(/C=O)[C@H]1OC(C)=O. The van der Waals surface area contributed by atoms with E-state index in [0.29, 0.717) is 24.7 Å². The van der Waals surface area contributed by atoms with Crippen molar-refractivity contribution in [1.82, 2.24) is 0 Å². The van der Waals surface area contributed by atoms with Gasteiger partial charge in [-0.3, -0.25) is 9.59 Å². The van der Waals surface area contributed by atoms with Crippen molar-refractivity contribution in [3.05, 3.63) is 47.6 Å². The standard InChI is InChI=1S/C21H24O8/c1-11(2)20(25)29-19-17-12(3)21(26)28-16(17)8-14(9-22)6-5-7-15(10-23)18(19)27-13(4)24/h7-8,10,16-19,22H,1,3,5-6,9H2,2,4H3/b14-8+,15-7-/t16-,17+,18+,19-/m0/s1. The van der Waals surface area contributed by atoms with E-state index >= 15 is 0 Å². The van der Waals surface area contributed by atoms with Crippen LogP contribution in [0.2, 0.25) is 0 Å². The third kappa shape index (κ3) is 5.08. The Labute approximate surface area is 168 Å². The number of hydrogen-bond donors (Lipinski definition) is 1. The minimum Gasteiger partial charge on any atom is -0.454 e. The maximum absolute atomic E-state index is 12.3. The topological polar surface area (TPSA) is 116 Å². The number of rotatable bonds is 5. The maximum Gasteiger partial charge on any atom is 0.334 e. The largest absolute Gasteiger partial charge is 0.454 e. The fourth-order valence-corrected chi connectivity index (χ4v) is 3.28. The molecule has 0 spiro atoms. The molecule has 0 unspecified atom stereocenters. The number of aliphatic hydroxyl groups excluding tert-OH is 1. The van der Waals surface area contributed by atoms with Crippen molar-refractivity contribution in [2.24, 2.45) is 5.92 Å². The van der Waals surface area contributed by atoms with Crippen molar-refractivity contribution in [1.29, 1.82) is 0 Å². The Morgan fingerprint density at radius 2 is 2.03 bits per heavy atom. The fraction of sp³-hybridized carbons (Fsp3) is 0.429. The smallest absolute Gasteiger partial charge is 0.334 e. The van der Waals surface area contributed by atoms with Crippen LogP contribution < -0.4 is 0 Å². The van der Waals surface area contributed by atoms with Crippen LogP contribution in [0.15, 0.2) is 47.6 Å². The highest BCUT2D eigenvalue weighted by Gasteiger charge is 2.49. The van der Waals surface area contributed by atoms with Crippen molar-refractivity contribution in [2.75, 3.05) is 6.61 Å². The first kappa shape index (κ1) is 22.3. The molecule has 8 nitrogen and oxygen atoms in total. The van der Waals surface area contributed by atoms with Crippen LogP contribution in [0, 0.1) is 5.92 Å². The molecule has 2 aliphatic rings. The van der Waals surface area contributed by atoms with Crippen LogP contribution in [-0.4, -0.2) is 54.2 Å². The molecular weight excluding hydrogens is 380 g/mol. The van der Waals surface area contributed by atoms with Gasteiger partial charge in [0, 0.05) is 23.6 Å². The van der Waals surface area contributed by atoms with E-state index < -0.39 is 42.1 Å². The molecule has 1 heterocycles. The summed E-state index contributed by atoms with van der Waals surface area (Å²) in [6.45, 7) is 9.59. The summed E-state index contributed by atoms with van der Waals surface area (Å²) in [5.74, 6) is -3.12. The number of ether oxygens (including phenoxy) is 3. The predicted octanol–water partition coefficient (Wildman–Crippen LogP) is 1.34. The lowest BCUT2D eigenvalue weighted by Gasteiger charge is -2.33. The number of hydrogen-bond acceptors (Lipinski definition) is 8. The highest BCUT2D eigenvalue weighted by Crippen LogP contribution is 2.37. The van der Waals surface area contributed by atoms with E-state index in [-0.39, 0.29) is 23.3 Å². The second-order valence-corrected chi connectivity index (χ2v) is 6.94. The number of carbonyl (C=O) groups excluding carboxylic acids is 4. The van der Waals surface area contributed by atoms with Crippen molar-refractivity contribution >= 4 is 24.2 Å². The summed E-state index contributed by atoms with van der Waals surface area (Å²) in [6, 6.07) is 0. The lowest BCUT2D eigenvalue weighted by molar-refractivity contribution is -0.166. The molecule has 0 aromatic heterocycles. The average Bonchev–Trinajstić information content (AvgIpc) is 2.93. The highest BCUT2D eigenvalue weighted by atomic mass is 16.6. The molecule has 156 valence electrons. The zero-order valence-corrected chi connectivity index (χ0v) is 16.4. The molecule has 0 bridgehead atoms. The molecule has 0 aromatic carbocycles. The molecule has 8 heteroatoms. The van der Waals surface area contributed by atoms with E-state index in [1.165, 1.54) is 6.92 Å².